The van der Waals surface area contributed by atoms with Crippen LogP contribution in [0, 0.1) is 11.8 Å². The number of allylic oxidation sites excluding steroid dienone is 1. The molecule has 1 aliphatic heterocycles. The van der Waals surface area contributed by atoms with Gasteiger partial charge in [-0.1, -0.05) is 25.5 Å². The lowest BCUT2D eigenvalue weighted by atomic mass is 9.99. The number of hydrogen-bond donors (Lipinski definition) is 0. The highest BCUT2D eigenvalue weighted by Crippen LogP contribution is 2.19. The fraction of sp³-hybridized carbons (Fsp3) is 0.700. The van der Waals surface area contributed by atoms with Crippen LogP contribution in [0.1, 0.15) is 27.2 Å². The Bertz CT molecular complexity index is 204. The third-order valence-electron chi connectivity index (χ3n) is 2.30. The highest BCUT2D eigenvalue weighted by Gasteiger charge is 2.21. The van der Waals surface area contributed by atoms with Gasteiger partial charge >= 0.3 is 5.97 Å². The van der Waals surface area contributed by atoms with Gasteiger partial charge in [-0.25, -0.2) is 0 Å². The van der Waals surface area contributed by atoms with E-state index in [4.69, 9.17) is 4.74 Å². The normalized spacial score (nSPS) is 24.8. The van der Waals surface area contributed by atoms with Crippen LogP contribution in [0.25, 0.3) is 0 Å². The summed E-state index contributed by atoms with van der Waals surface area (Å²) in [5, 5.41) is 0. The van der Waals surface area contributed by atoms with Crippen molar-refractivity contribution in [3.05, 3.63) is 11.6 Å². The zero-order valence-corrected chi connectivity index (χ0v) is 7.96. The average Bonchev–Trinajstić information content (AvgIpc) is 2.35. The molecule has 0 aromatic rings. The van der Waals surface area contributed by atoms with Crippen molar-refractivity contribution in [1.29, 1.82) is 0 Å². The van der Waals surface area contributed by atoms with Gasteiger partial charge in [0, 0.05) is 5.92 Å². The number of esters is 1. The van der Waals surface area contributed by atoms with Gasteiger partial charge in [-0.2, -0.15) is 0 Å². The molecule has 68 valence electrons. The quantitative estimate of drug-likeness (QED) is 0.466. The lowest BCUT2D eigenvalue weighted by molar-refractivity contribution is -0.137. The van der Waals surface area contributed by atoms with E-state index in [1.54, 1.807) is 0 Å². The van der Waals surface area contributed by atoms with Crippen molar-refractivity contribution >= 4 is 5.97 Å². The van der Waals surface area contributed by atoms with E-state index >= 15 is 0 Å². The predicted molar refractivity (Wildman–Crippen MR) is 47.7 cm³/mol. The third-order valence-corrected chi connectivity index (χ3v) is 2.30. The molecule has 2 heteroatoms. The van der Waals surface area contributed by atoms with Crippen LogP contribution in [0.5, 0.6) is 0 Å². The number of hydrogen-bond acceptors (Lipinski definition) is 2. The van der Waals surface area contributed by atoms with Crippen LogP contribution in [0.2, 0.25) is 0 Å². The van der Waals surface area contributed by atoms with Gasteiger partial charge in [0.05, 0.1) is 13.0 Å². The number of ether oxygens (including phenoxy) is 1. The largest absolute Gasteiger partial charge is 0.465 e. The monoisotopic (exact) mass is 168 g/mol. The molecule has 0 spiro atoms. The molecule has 1 atom stereocenters. The molecule has 0 saturated carbocycles. The molecule has 1 saturated heterocycles. The van der Waals surface area contributed by atoms with Crippen LogP contribution in [0.3, 0.4) is 0 Å². The van der Waals surface area contributed by atoms with Crippen molar-refractivity contribution in [2.75, 3.05) is 6.61 Å². The first kappa shape index (κ1) is 9.30. The van der Waals surface area contributed by atoms with Gasteiger partial charge in [0.25, 0.3) is 0 Å². The highest BCUT2D eigenvalue weighted by atomic mass is 16.5. The second-order valence-corrected chi connectivity index (χ2v) is 3.71. The summed E-state index contributed by atoms with van der Waals surface area (Å²) in [4.78, 5) is 10.8. The van der Waals surface area contributed by atoms with Crippen LogP contribution in [0.4, 0.5) is 0 Å². The first-order valence-electron chi connectivity index (χ1n) is 4.43. The number of carbonyl (C=O) groups excluding carboxylic acids is 1. The van der Waals surface area contributed by atoms with E-state index < -0.39 is 0 Å². The maximum atomic E-state index is 10.8. The van der Waals surface area contributed by atoms with E-state index in [1.807, 2.05) is 0 Å². The molecule has 1 fully saturated rings. The molecule has 0 radical (unpaired) electrons. The van der Waals surface area contributed by atoms with Gasteiger partial charge in [-0.15, -0.1) is 0 Å². The van der Waals surface area contributed by atoms with Gasteiger partial charge in [0.15, 0.2) is 0 Å². The Kier molecular flexibility index (Phi) is 2.90. The predicted octanol–water partition coefficient (Wildman–Crippen LogP) is 2.15. The van der Waals surface area contributed by atoms with Crippen molar-refractivity contribution in [3.63, 3.8) is 0 Å². The minimum absolute atomic E-state index is 0.0622. The lowest BCUT2D eigenvalue weighted by Gasteiger charge is -2.06. The Balaban J connectivity index is 2.50. The standard InChI is InChI=1S/C10H16O2/c1-7(2)8(3)4-9-5-10(11)12-6-9/h4,7,9H,5-6H2,1-3H3. The van der Waals surface area contributed by atoms with Crippen molar-refractivity contribution in [3.8, 4) is 0 Å². The summed E-state index contributed by atoms with van der Waals surface area (Å²) in [6, 6.07) is 0. The zero-order chi connectivity index (χ0) is 9.14. The van der Waals surface area contributed by atoms with Gasteiger partial charge in [-0.3, -0.25) is 4.79 Å². The van der Waals surface area contributed by atoms with Gasteiger partial charge < -0.3 is 4.74 Å². The van der Waals surface area contributed by atoms with Crippen molar-refractivity contribution in [2.24, 2.45) is 11.8 Å². The van der Waals surface area contributed by atoms with Crippen LogP contribution < -0.4 is 0 Å². The molecular formula is C10H16O2. The van der Waals surface area contributed by atoms with Crippen LogP contribution in [0.15, 0.2) is 11.6 Å². The van der Waals surface area contributed by atoms with E-state index in [-0.39, 0.29) is 5.97 Å². The topological polar surface area (TPSA) is 26.3 Å². The molecule has 0 aromatic heterocycles. The van der Waals surface area contributed by atoms with E-state index in [0.717, 1.165) is 0 Å². The average molecular weight is 168 g/mol. The fourth-order valence-electron chi connectivity index (χ4n) is 1.20. The van der Waals surface area contributed by atoms with E-state index in [2.05, 4.69) is 26.8 Å². The molecule has 1 unspecified atom stereocenters. The number of cyclic esters (lactones) is 1. The summed E-state index contributed by atoms with van der Waals surface area (Å²) in [6.45, 7) is 6.99. The minimum Gasteiger partial charge on any atom is -0.465 e. The molecule has 2 nitrogen and oxygen atoms in total. The van der Waals surface area contributed by atoms with Crippen molar-refractivity contribution in [1.82, 2.24) is 0 Å². The zero-order valence-electron chi connectivity index (χ0n) is 7.96. The van der Waals surface area contributed by atoms with E-state index in [9.17, 15) is 4.79 Å². The Morgan fingerprint density at radius 1 is 1.67 bits per heavy atom. The molecular weight excluding hydrogens is 152 g/mol. The molecule has 0 N–H and O–H groups in total. The van der Waals surface area contributed by atoms with Crippen LogP contribution >= 0.6 is 0 Å². The molecule has 0 aliphatic carbocycles. The van der Waals surface area contributed by atoms with Gasteiger partial charge in [0.2, 0.25) is 0 Å². The summed E-state index contributed by atoms with van der Waals surface area (Å²) >= 11 is 0. The summed E-state index contributed by atoms with van der Waals surface area (Å²) in [5.41, 5.74) is 1.35. The Labute approximate surface area is 73.6 Å². The van der Waals surface area contributed by atoms with E-state index in [1.165, 1.54) is 5.57 Å². The van der Waals surface area contributed by atoms with Crippen LogP contribution in [-0.2, 0) is 9.53 Å². The maximum Gasteiger partial charge on any atom is 0.306 e. The van der Waals surface area contributed by atoms with E-state index in [0.29, 0.717) is 24.9 Å². The Morgan fingerprint density at radius 3 is 2.75 bits per heavy atom. The van der Waals surface area contributed by atoms with Crippen molar-refractivity contribution < 1.29 is 9.53 Å². The van der Waals surface area contributed by atoms with Crippen molar-refractivity contribution in [2.45, 2.75) is 27.2 Å². The molecule has 0 aromatic carbocycles. The Morgan fingerprint density at radius 2 is 2.33 bits per heavy atom. The van der Waals surface area contributed by atoms with Gasteiger partial charge in [0.1, 0.15) is 0 Å². The number of rotatable bonds is 2. The second kappa shape index (κ2) is 3.74. The smallest absolute Gasteiger partial charge is 0.306 e. The lowest BCUT2D eigenvalue weighted by Crippen LogP contribution is -1.98. The fourth-order valence-corrected chi connectivity index (χ4v) is 1.20. The summed E-state index contributed by atoms with van der Waals surface area (Å²) in [6.07, 6.45) is 2.72. The molecule has 1 aliphatic rings. The molecule has 0 bridgehead atoms. The summed E-state index contributed by atoms with van der Waals surface area (Å²) in [5.74, 6) is 0.827. The van der Waals surface area contributed by atoms with Crippen LogP contribution in [-0.4, -0.2) is 12.6 Å². The van der Waals surface area contributed by atoms with Gasteiger partial charge in [-0.05, 0) is 12.8 Å². The molecule has 0 amide bonds. The highest BCUT2D eigenvalue weighted by molar-refractivity contribution is 5.71. The summed E-state index contributed by atoms with van der Waals surface area (Å²) < 4.78 is 4.86. The first-order chi connectivity index (χ1) is 5.59. The SMILES string of the molecule is CC(=CC1COC(=O)C1)C(C)C. The summed E-state index contributed by atoms with van der Waals surface area (Å²) in [7, 11) is 0. The first-order valence-corrected chi connectivity index (χ1v) is 4.43. The third kappa shape index (κ3) is 2.36. The molecule has 1 rings (SSSR count). The molecule has 1 heterocycles. The second-order valence-electron chi connectivity index (χ2n) is 3.71. The number of carbonyl (C=O) groups is 1. The minimum atomic E-state index is -0.0622. The Hall–Kier alpha value is -0.790. The molecule has 12 heavy (non-hydrogen) atoms. The maximum absolute atomic E-state index is 10.8.